The molecule has 1 aliphatic heterocycles. The van der Waals surface area contributed by atoms with Gasteiger partial charge in [-0.3, -0.25) is 10.7 Å². The summed E-state index contributed by atoms with van der Waals surface area (Å²) in [5.74, 6) is 0.429. The van der Waals surface area contributed by atoms with Gasteiger partial charge >= 0.3 is 6.03 Å². The fourth-order valence-electron chi connectivity index (χ4n) is 3.82. The number of amides is 2. The van der Waals surface area contributed by atoms with Gasteiger partial charge in [0, 0.05) is 12.1 Å². The maximum atomic E-state index is 14.2. The average Bonchev–Trinajstić information content (AvgIpc) is 3.51. The summed E-state index contributed by atoms with van der Waals surface area (Å²) in [5, 5.41) is 17.5. The predicted octanol–water partition coefficient (Wildman–Crippen LogP) is 4.76. The summed E-state index contributed by atoms with van der Waals surface area (Å²) in [6, 6.07) is 2.49. The molecule has 0 aliphatic carbocycles. The molecule has 1 saturated heterocycles. The number of imidazole rings is 1. The van der Waals surface area contributed by atoms with Crippen LogP contribution in [-0.4, -0.2) is 38.4 Å². The van der Waals surface area contributed by atoms with Crippen LogP contribution in [0.15, 0.2) is 35.0 Å². The van der Waals surface area contributed by atoms with E-state index in [-0.39, 0.29) is 11.4 Å². The number of halogens is 2. The molecule has 2 amide bonds. The number of likely N-dealkylation sites (tertiary alicyclic amines) is 1. The van der Waals surface area contributed by atoms with E-state index in [1.54, 1.807) is 24.8 Å². The van der Waals surface area contributed by atoms with Crippen LogP contribution in [0.4, 0.5) is 25.1 Å². The topological polar surface area (TPSA) is 123 Å². The Morgan fingerprint density at radius 3 is 2.91 bits per heavy atom. The molecule has 4 rings (SSSR count). The summed E-state index contributed by atoms with van der Waals surface area (Å²) >= 11 is 0. The maximum absolute atomic E-state index is 14.2. The van der Waals surface area contributed by atoms with Gasteiger partial charge in [0.15, 0.2) is 5.76 Å². The number of carbonyl (C=O) groups excluding carboxylic acids is 1. The van der Waals surface area contributed by atoms with Gasteiger partial charge in [0.1, 0.15) is 40.5 Å². The van der Waals surface area contributed by atoms with Crippen LogP contribution in [0.25, 0.3) is 6.08 Å². The lowest BCUT2D eigenvalue weighted by Crippen LogP contribution is -2.29. The molecular weight excluding hydrogens is 432 g/mol. The third-order valence-electron chi connectivity index (χ3n) is 5.39. The van der Waals surface area contributed by atoms with Crippen molar-refractivity contribution in [3.8, 4) is 0 Å². The quantitative estimate of drug-likeness (QED) is 0.326. The molecule has 3 aromatic rings. The molecule has 0 spiro atoms. The second-order valence-electron chi connectivity index (χ2n) is 7.70. The highest BCUT2D eigenvalue weighted by atomic mass is 19.1. The third-order valence-corrected chi connectivity index (χ3v) is 5.39. The fraction of sp³-hybridized carbons (Fsp3) is 0.273. The second kappa shape index (κ2) is 9.23. The largest absolute Gasteiger partial charge is 0.359 e. The van der Waals surface area contributed by atoms with Crippen molar-refractivity contribution in [3.63, 3.8) is 0 Å². The van der Waals surface area contributed by atoms with Crippen molar-refractivity contribution < 1.29 is 18.1 Å². The van der Waals surface area contributed by atoms with Crippen molar-refractivity contribution in [1.82, 2.24) is 20.0 Å². The minimum Gasteiger partial charge on any atom is -0.359 e. The van der Waals surface area contributed by atoms with Crippen LogP contribution < -0.4 is 10.6 Å². The van der Waals surface area contributed by atoms with Crippen molar-refractivity contribution >= 4 is 29.4 Å². The number of H-pyrrole nitrogens is 1. The van der Waals surface area contributed by atoms with E-state index in [0.29, 0.717) is 41.7 Å². The number of urea groups is 1. The van der Waals surface area contributed by atoms with E-state index in [0.717, 1.165) is 18.6 Å². The summed E-state index contributed by atoms with van der Waals surface area (Å²) in [5.41, 5.74) is 1.31. The fourth-order valence-corrected chi connectivity index (χ4v) is 3.82. The van der Waals surface area contributed by atoms with Gasteiger partial charge in [0.05, 0.1) is 12.2 Å². The Morgan fingerprint density at radius 1 is 1.33 bits per heavy atom. The maximum Gasteiger partial charge on any atom is 0.324 e. The molecular formula is C22H23F2N7O2. The molecule has 2 aromatic heterocycles. The molecule has 0 radical (unpaired) electrons. The number of aryl methyl sites for hydroxylation is 2. The van der Waals surface area contributed by atoms with Gasteiger partial charge in [-0.2, -0.15) is 0 Å². The highest BCUT2D eigenvalue weighted by molar-refractivity contribution is 6.00. The zero-order valence-electron chi connectivity index (χ0n) is 18.1. The minimum absolute atomic E-state index is 0.156. The zero-order chi connectivity index (χ0) is 23.5. The third kappa shape index (κ3) is 4.92. The van der Waals surface area contributed by atoms with Crippen molar-refractivity contribution in [2.75, 3.05) is 17.2 Å². The van der Waals surface area contributed by atoms with E-state index in [1.807, 2.05) is 0 Å². The Labute approximate surface area is 188 Å². The molecule has 33 heavy (non-hydrogen) atoms. The summed E-state index contributed by atoms with van der Waals surface area (Å²) in [6.07, 6.45) is 5.95. The smallest absolute Gasteiger partial charge is 0.324 e. The molecule has 1 aromatic carbocycles. The van der Waals surface area contributed by atoms with Gasteiger partial charge in [0.2, 0.25) is 0 Å². The molecule has 0 saturated carbocycles. The number of benzene rings is 1. The summed E-state index contributed by atoms with van der Waals surface area (Å²) in [4.78, 5) is 21.0. The van der Waals surface area contributed by atoms with Crippen molar-refractivity contribution in [1.29, 1.82) is 5.41 Å². The van der Waals surface area contributed by atoms with Crippen molar-refractivity contribution in [3.05, 3.63) is 64.9 Å². The Bertz CT molecular complexity index is 1200. The minimum atomic E-state index is -0.505. The number of aromatic nitrogens is 3. The molecule has 1 atom stereocenters. The van der Waals surface area contributed by atoms with Gasteiger partial charge in [-0.05, 0) is 57.0 Å². The number of rotatable bonds is 5. The number of nitrogens with zero attached hydrogens (tertiary/aromatic N) is 3. The van der Waals surface area contributed by atoms with E-state index in [9.17, 15) is 13.6 Å². The number of hydrogen-bond acceptors (Lipinski definition) is 5. The first-order chi connectivity index (χ1) is 15.8. The van der Waals surface area contributed by atoms with Crippen LogP contribution in [0.5, 0.6) is 0 Å². The van der Waals surface area contributed by atoms with Crippen LogP contribution in [0.1, 0.15) is 41.7 Å². The Balaban J connectivity index is 1.39. The van der Waals surface area contributed by atoms with E-state index in [4.69, 9.17) is 9.93 Å². The Hall–Kier alpha value is -4.02. The highest BCUT2D eigenvalue weighted by Crippen LogP contribution is 2.34. The lowest BCUT2D eigenvalue weighted by Gasteiger charge is -2.26. The molecule has 9 nitrogen and oxygen atoms in total. The molecule has 3 heterocycles. The number of carbonyl (C=O) groups is 1. The molecule has 0 bridgehead atoms. The lowest BCUT2D eigenvalue weighted by molar-refractivity contribution is 0.262. The predicted molar refractivity (Wildman–Crippen MR) is 119 cm³/mol. The Kier molecular flexibility index (Phi) is 6.20. The normalized spacial score (nSPS) is 15.9. The second-order valence-corrected chi connectivity index (χ2v) is 7.70. The van der Waals surface area contributed by atoms with Crippen LogP contribution in [0, 0.1) is 30.9 Å². The van der Waals surface area contributed by atoms with Crippen molar-refractivity contribution in [2.24, 2.45) is 0 Å². The van der Waals surface area contributed by atoms with Crippen LogP contribution in [0.2, 0.25) is 0 Å². The van der Waals surface area contributed by atoms with Gasteiger partial charge in [-0.1, -0.05) is 5.16 Å². The summed E-state index contributed by atoms with van der Waals surface area (Å²) in [6.45, 7) is 3.97. The first kappa shape index (κ1) is 22.2. The Morgan fingerprint density at radius 2 is 2.15 bits per heavy atom. The standard InChI is InChI=1S/C22H23F2N7O2/c1-12-21(13(2)33-30-12)29-22(32)28-20-11-26-19(27-20)8-7-18(25)31-9-3-4-17(31)15-10-14(23)5-6-16(15)24/h5-8,10-11,17,25H,3-4,9H2,1-2H3,(H,26,27)(H2,28,29,32)/b8-7-,25-18?/t17-/m1/s1. The zero-order valence-corrected chi connectivity index (χ0v) is 18.1. The number of amidine groups is 1. The number of hydrogen-bond donors (Lipinski definition) is 4. The van der Waals surface area contributed by atoms with Crippen LogP contribution in [0.3, 0.4) is 0 Å². The molecule has 11 heteroatoms. The van der Waals surface area contributed by atoms with E-state index < -0.39 is 23.7 Å². The highest BCUT2D eigenvalue weighted by Gasteiger charge is 2.29. The SMILES string of the molecule is Cc1noc(C)c1NC(=O)Nc1cnc(/C=C\C(=N)N2CCC[C@@H]2c2cc(F)ccc2F)[nH]1. The number of anilines is 2. The number of nitrogens with one attached hydrogen (secondary N) is 4. The van der Waals surface area contributed by atoms with Gasteiger partial charge < -0.3 is 19.7 Å². The van der Waals surface area contributed by atoms with E-state index in [2.05, 4.69) is 25.8 Å². The van der Waals surface area contributed by atoms with Gasteiger partial charge in [0.25, 0.3) is 0 Å². The van der Waals surface area contributed by atoms with E-state index in [1.165, 1.54) is 18.3 Å². The van der Waals surface area contributed by atoms with Crippen molar-refractivity contribution in [2.45, 2.75) is 32.7 Å². The molecule has 1 aliphatic rings. The van der Waals surface area contributed by atoms with Crippen LogP contribution >= 0.6 is 0 Å². The van der Waals surface area contributed by atoms with Crippen LogP contribution in [-0.2, 0) is 0 Å². The molecule has 4 N–H and O–H groups in total. The molecule has 0 unspecified atom stereocenters. The first-order valence-electron chi connectivity index (χ1n) is 10.4. The monoisotopic (exact) mass is 455 g/mol. The summed E-state index contributed by atoms with van der Waals surface area (Å²) < 4.78 is 32.9. The number of aromatic amines is 1. The molecule has 1 fully saturated rings. The molecule has 172 valence electrons. The van der Waals surface area contributed by atoms with Gasteiger partial charge in [-0.25, -0.2) is 18.6 Å². The first-order valence-corrected chi connectivity index (χ1v) is 10.4. The average molecular weight is 455 g/mol. The summed E-state index contributed by atoms with van der Waals surface area (Å²) in [7, 11) is 0. The lowest BCUT2D eigenvalue weighted by atomic mass is 10.0. The van der Waals surface area contributed by atoms with Gasteiger partial charge in [-0.15, -0.1) is 0 Å². The van der Waals surface area contributed by atoms with E-state index >= 15 is 0 Å².